The zero-order chi connectivity index (χ0) is 19.6. The lowest BCUT2D eigenvalue weighted by Gasteiger charge is -2.33. The number of carbonyl (C=O) groups excluding carboxylic acids is 4. The number of imide groups is 1. The minimum absolute atomic E-state index is 0.00527. The van der Waals surface area contributed by atoms with Gasteiger partial charge < -0.3 is 19.5 Å². The summed E-state index contributed by atoms with van der Waals surface area (Å²) < 4.78 is 5.06. The van der Waals surface area contributed by atoms with Gasteiger partial charge >= 0.3 is 6.03 Å². The van der Waals surface area contributed by atoms with Crippen LogP contribution in [0.2, 0.25) is 0 Å². The predicted octanol–water partition coefficient (Wildman–Crippen LogP) is 0.531. The second-order valence-corrected chi connectivity index (χ2v) is 7.02. The van der Waals surface area contributed by atoms with Gasteiger partial charge in [0.05, 0.1) is 12.7 Å². The Labute approximate surface area is 157 Å². The summed E-state index contributed by atoms with van der Waals surface area (Å²) in [5.74, 6) is -0.133. The number of furan rings is 1. The van der Waals surface area contributed by atoms with Gasteiger partial charge in [-0.15, -0.1) is 0 Å². The topological polar surface area (TPSA) is 103 Å². The van der Waals surface area contributed by atoms with Crippen molar-refractivity contribution in [2.75, 3.05) is 33.7 Å². The first-order chi connectivity index (χ1) is 12.9. The molecule has 146 valence electrons. The Morgan fingerprint density at radius 2 is 1.93 bits per heavy atom. The van der Waals surface area contributed by atoms with Crippen molar-refractivity contribution in [1.29, 1.82) is 0 Å². The number of nitrogens with one attached hydrogen (secondary N) is 1. The van der Waals surface area contributed by atoms with Crippen LogP contribution in [0.1, 0.15) is 29.8 Å². The Bertz CT molecular complexity index is 724. The number of nitrogens with zero attached hydrogens (tertiary/aromatic N) is 3. The average Bonchev–Trinajstić information content (AvgIpc) is 3.28. The van der Waals surface area contributed by atoms with Gasteiger partial charge in [0.1, 0.15) is 6.04 Å². The smallest absolute Gasteiger partial charge is 0.326 e. The highest BCUT2D eigenvalue weighted by Crippen LogP contribution is 2.21. The monoisotopic (exact) mass is 376 g/mol. The van der Waals surface area contributed by atoms with E-state index in [0.717, 1.165) is 17.7 Å². The molecular weight excluding hydrogens is 352 g/mol. The highest BCUT2D eigenvalue weighted by Gasteiger charge is 2.42. The molecule has 0 aliphatic carbocycles. The largest absolute Gasteiger partial charge is 0.459 e. The van der Waals surface area contributed by atoms with E-state index in [1.165, 1.54) is 25.3 Å². The second-order valence-electron chi connectivity index (χ2n) is 7.02. The molecule has 0 aromatic carbocycles. The molecule has 0 spiro atoms. The molecule has 2 aliphatic heterocycles. The van der Waals surface area contributed by atoms with Crippen molar-refractivity contribution in [3.63, 3.8) is 0 Å². The van der Waals surface area contributed by atoms with Crippen LogP contribution in [0, 0.1) is 5.92 Å². The van der Waals surface area contributed by atoms with Crippen LogP contribution in [0.25, 0.3) is 0 Å². The maximum absolute atomic E-state index is 12.5. The van der Waals surface area contributed by atoms with Crippen LogP contribution in [-0.2, 0) is 9.59 Å². The van der Waals surface area contributed by atoms with Gasteiger partial charge in [-0.2, -0.15) is 0 Å². The second kappa shape index (κ2) is 7.81. The molecule has 0 saturated carbocycles. The number of piperidine rings is 1. The van der Waals surface area contributed by atoms with Gasteiger partial charge in [0.25, 0.3) is 11.8 Å². The van der Waals surface area contributed by atoms with Gasteiger partial charge in [-0.05, 0) is 30.9 Å². The average molecular weight is 376 g/mol. The third kappa shape index (κ3) is 3.96. The molecule has 1 atom stereocenters. The lowest BCUT2D eigenvalue weighted by Crippen LogP contribution is -2.44. The van der Waals surface area contributed by atoms with Crippen molar-refractivity contribution in [3.8, 4) is 0 Å². The van der Waals surface area contributed by atoms with Crippen LogP contribution in [-0.4, -0.2) is 78.2 Å². The summed E-state index contributed by atoms with van der Waals surface area (Å²) in [7, 11) is 2.96. The molecule has 27 heavy (non-hydrogen) atoms. The molecule has 1 unspecified atom stereocenters. The first kappa shape index (κ1) is 18.9. The minimum atomic E-state index is -0.722. The summed E-state index contributed by atoms with van der Waals surface area (Å²) in [6.07, 6.45) is 3.01. The number of rotatable bonds is 5. The van der Waals surface area contributed by atoms with Crippen molar-refractivity contribution in [3.05, 3.63) is 24.2 Å². The molecule has 2 saturated heterocycles. The van der Waals surface area contributed by atoms with Gasteiger partial charge in [0, 0.05) is 33.7 Å². The molecule has 0 bridgehead atoms. The first-order valence-corrected chi connectivity index (χ1v) is 9.02. The van der Waals surface area contributed by atoms with Crippen molar-refractivity contribution in [2.24, 2.45) is 5.92 Å². The molecule has 2 fully saturated rings. The summed E-state index contributed by atoms with van der Waals surface area (Å²) in [4.78, 5) is 52.4. The van der Waals surface area contributed by atoms with Gasteiger partial charge in [0.2, 0.25) is 5.91 Å². The lowest BCUT2D eigenvalue weighted by atomic mass is 9.96. The fourth-order valence-electron chi connectivity index (χ4n) is 3.49. The van der Waals surface area contributed by atoms with Crippen LogP contribution >= 0.6 is 0 Å². The number of amides is 5. The van der Waals surface area contributed by atoms with E-state index in [0.29, 0.717) is 19.6 Å². The Hall–Kier alpha value is -2.84. The molecule has 3 heterocycles. The number of hydrogen-bond donors (Lipinski definition) is 1. The summed E-state index contributed by atoms with van der Waals surface area (Å²) in [6, 6.07) is 2.17. The van der Waals surface area contributed by atoms with E-state index in [-0.39, 0.29) is 41.9 Å². The first-order valence-electron chi connectivity index (χ1n) is 9.02. The third-order valence-corrected chi connectivity index (χ3v) is 5.30. The van der Waals surface area contributed by atoms with Crippen LogP contribution in [0.15, 0.2) is 22.8 Å². The molecule has 5 amide bonds. The highest BCUT2D eigenvalue weighted by atomic mass is 16.3. The molecule has 3 rings (SSSR count). The highest BCUT2D eigenvalue weighted by molar-refractivity contribution is 6.05. The Morgan fingerprint density at radius 3 is 2.48 bits per heavy atom. The van der Waals surface area contributed by atoms with Crippen LogP contribution in [0.5, 0.6) is 0 Å². The van der Waals surface area contributed by atoms with Gasteiger partial charge in [-0.3, -0.25) is 19.3 Å². The minimum Gasteiger partial charge on any atom is -0.459 e. The third-order valence-electron chi connectivity index (χ3n) is 5.30. The van der Waals surface area contributed by atoms with Crippen molar-refractivity contribution < 1.29 is 23.6 Å². The van der Waals surface area contributed by atoms with E-state index < -0.39 is 6.04 Å². The SMILES string of the molecule is CN1C(=O)C(CC(=O)N2CCC(CNC(=O)c3ccco3)CC2)N(C)C1=O. The Balaban J connectivity index is 1.43. The maximum atomic E-state index is 12.5. The Kier molecular flexibility index (Phi) is 5.48. The summed E-state index contributed by atoms with van der Waals surface area (Å²) >= 11 is 0. The molecule has 9 nitrogen and oxygen atoms in total. The number of carbonyl (C=O) groups is 4. The van der Waals surface area contributed by atoms with Crippen LogP contribution in [0.3, 0.4) is 0 Å². The maximum Gasteiger partial charge on any atom is 0.326 e. The van der Waals surface area contributed by atoms with Crippen LogP contribution in [0.4, 0.5) is 4.79 Å². The fourth-order valence-corrected chi connectivity index (χ4v) is 3.49. The normalized spacial score (nSPS) is 21.1. The number of likely N-dealkylation sites (tertiary alicyclic amines) is 1. The summed E-state index contributed by atoms with van der Waals surface area (Å²) in [5.41, 5.74) is 0. The van der Waals surface area contributed by atoms with E-state index in [4.69, 9.17) is 4.42 Å². The van der Waals surface area contributed by atoms with Gasteiger partial charge in [-0.1, -0.05) is 0 Å². The number of likely N-dealkylation sites (N-methyl/N-ethyl adjacent to an activating group) is 2. The summed E-state index contributed by atoms with van der Waals surface area (Å²) in [5, 5.41) is 2.85. The standard InChI is InChI=1S/C18H24N4O5/c1-20-13(17(25)21(2)18(20)26)10-15(23)22-7-5-12(6-8-22)11-19-16(24)14-4-3-9-27-14/h3-4,9,12-13H,5-8,10-11H2,1-2H3,(H,19,24). The molecule has 2 aliphatic rings. The zero-order valence-electron chi connectivity index (χ0n) is 15.5. The molecule has 1 aromatic rings. The fraction of sp³-hybridized carbons (Fsp3) is 0.556. The Morgan fingerprint density at radius 1 is 1.22 bits per heavy atom. The van der Waals surface area contributed by atoms with Gasteiger partial charge in [0.15, 0.2) is 5.76 Å². The van der Waals surface area contributed by atoms with Gasteiger partial charge in [-0.25, -0.2) is 4.79 Å². The van der Waals surface area contributed by atoms with E-state index in [9.17, 15) is 19.2 Å². The van der Waals surface area contributed by atoms with Crippen LogP contribution < -0.4 is 5.32 Å². The lowest BCUT2D eigenvalue weighted by molar-refractivity contribution is -0.137. The summed E-state index contributed by atoms with van der Waals surface area (Å²) in [6.45, 7) is 1.69. The number of urea groups is 1. The zero-order valence-corrected chi connectivity index (χ0v) is 15.5. The van der Waals surface area contributed by atoms with E-state index in [2.05, 4.69) is 5.32 Å². The van der Waals surface area contributed by atoms with Crippen molar-refractivity contribution in [2.45, 2.75) is 25.3 Å². The quantitative estimate of drug-likeness (QED) is 0.755. The van der Waals surface area contributed by atoms with Crippen molar-refractivity contribution >= 4 is 23.8 Å². The molecular formula is C18H24N4O5. The van der Waals surface area contributed by atoms with E-state index in [1.54, 1.807) is 17.0 Å². The predicted molar refractivity (Wildman–Crippen MR) is 94.7 cm³/mol. The van der Waals surface area contributed by atoms with E-state index >= 15 is 0 Å². The molecule has 1 N–H and O–H groups in total. The molecule has 9 heteroatoms. The number of hydrogen-bond acceptors (Lipinski definition) is 5. The van der Waals surface area contributed by atoms with Crippen molar-refractivity contribution in [1.82, 2.24) is 20.0 Å². The molecule has 0 radical (unpaired) electrons. The molecule has 1 aromatic heterocycles. The van der Waals surface area contributed by atoms with E-state index in [1.807, 2.05) is 0 Å².